The number of benzene rings is 2. The zero-order chi connectivity index (χ0) is 22.7. The minimum atomic E-state index is -0.994. The van der Waals surface area contributed by atoms with Gasteiger partial charge < -0.3 is 15.2 Å². The first-order valence-electron chi connectivity index (χ1n) is 10.9. The number of likely N-dealkylation sites (tertiary alicyclic amines) is 1. The molecule has 0 spiro atoms. The SMILES string of the molecule is COC(=O)N1CC2CCC(Nc3cc(-c4ccccc4)ccc3C#N)CC2CC1C(=O)O. The van der Waals surface area contributed by atoms with Gasteiger partial charge in [-0.1, -0.05) is 36.4 Å². The molecule has 7 heteroatoms. The van der Waals surface area contributed by atoms with E-state index in [-0.39, 0.29) is 17.9 Å². The molecule has 7 nitrogen and oxygen atoms in total. The van der Waals surface area contributed by atoms with Crippen molar-refractivity contribution in [2.24, 2.45) is 11.8 Å². The first-order chi connectivity index (χ1) is 15.5. The van der Waals surface area contributed by atoms with Crippen molar-refractivity contribution < 1.29 is 19.4 Å². The highest BCUT2D eigenvalue weighted by molar-refractivity contribution is 5.80. The largest absolute Gasteiger partial charge is 0.480 e. The van der Waals surface area contributed by atoms with Crippen molar-refractivity contribution >= 4 is 17.7 Å². The number of anilines is 1. The van der Waals surface area contributed by atoms with Crippen LogP contribution in [0.3, 0.4) is 0 Å². The zero-order valence-electron chi connectivity index (χ0n) is 18.0. The molecule has 1 aliphatic heterocycles. The van der Waals surface area contributed by atoms with Gasteiger partial charge in [-0.3, -0.25) is 4.90 Å². The number of carbonyl (C=O) groups is 2. The first-order valence-corrected chi connectivity index (χ1v) is 10.9. The molecule has 2 aromatic rings. The van der Waals surface area contributed by atoms with Crippen LogP contribution in [0.4, 0.5) is 10.5 Å². The van der Waals surface area contributed by atoms with Gasteiger partial charge in [0, 0.05) is 12.6 Å². The molecule has 1 saturated heterocycles. The predicted octanol–water partition coefficient (Wildman–Crippen LogP) is 4.35. The summed E-state index contributed by atoms with van der Waals surface area (Å²) in [5.74, 6) is -0.536. The Labute approximate surface area is 187 Å². The molecule has 1 saturated carbocycles. The van der Waals surface area contributed by atoms with Crippen molar-refractivity contribution in [1.29, 1.82) is 5.26 Å². The summed E-state index contributed by atoms with van der Waals surface area (Å²) in [4.78, 5) is 25.2. The zero-order valence-corrected chi connectivity index (χ0v) is 18.0. The van der Waals surface area contributed by atoms with Gasteiger partial charge in [0.2, 0.25) is 0 Å². The number of amides is 1. The molecule has 4 atom stereocenters. The lowest BCUT2D eigenvalue weighted by molar-refractivity contribution is -0.146. The number of hydrogen-bond donors (Lipinski definition) is 2. The molecule has 0 radical (unpaired) electrons. The molecule has 0 aromatic heterocycles. The normalized spacial score (nSPS) is 24.7. The fraction of sp³-hybridized carbons (Fsp3) is 0.400. The average molecular weight is 434 g/mol. The summed E-state index contributed by atoms with van der Waals surface area (Å²) in [6.45, 7) is 0.411. The Hall–Kier alpha value is -3.53. The van der Waals surface area contributed by atoms with Gasteiger partial charge >= 0.3 is 12.1 Å². The van der Waals surface area contributed by atoms with E-state index in [1.165, 1.54) is 12.0 Å². The minimum absolute atomic E-state index is 0.147. The minimum Gasteiger partial charge on any atom is -0.480 e. The quantitative estimate of drug-likeness (QED) is 0.743. The standard InChI is InChI=1S/C25H27N3O4/c1-32-25(31)28-15-19-9-10-21(11-20(19)13-23(28)24(29)30)27-22-12-17(7-8-18(22)14-26)16-5-3-2-4-6-16/h2-8,12,19-21,23,27H,9-11,13,15H2,1H3,(H,29,30). The summed E-state index contributed by atoms with van der Waals surface area (Å²) >= 11 is 0. The molecule has 4 unspecified atom stereocenters. The molecule has 2 aromatic carbocycles. The van der Waals surface area contributed by atoms with E-state index in [2.05, 4.69) is 11.4 Å². The number of carbonyl (C=O) groups excluding carboxylic acids is 1. The number of methoxy groups -OCH3 is 1. The van der Waals surface area contributed by atoms with Crippen LogP contribution in [-0.4, -0.2) is 47.8 Å². The van der Waals surface area contributed by atoms with E-state index in [0.717, 1.165) is 36.1 Å². The third-order valence-electron chi connectivity index (χ3n) is 6.77. The molecule has 0 bridgehead atoms. The van der Waals surface area contributed by atoms with Crippen molar-refractivity contribution in [3.05, 3.63) is 54.1 Å². The molecule has 1 heterocycles. The number of hydrogen-bond acceptors (Lipinski definition) is 5. The van der Waals surface area contributed by atoms with Gasteiger partial charge in [0.25, 0.3) is 0 Å². The number of fused-ring (bicyclic) bond motifs is 1. The summed E-state index contributed by atoms with van der Waals surface area (Å²) in [7, 11) is 1.28. The van der Waals surface area contributed by atoms with E-state index in [4.69, 9.17) is 4.74 Å². The van der Waals surface area contributed by atoms with Crippen LogP contribution in [0.2, 0.25) is 0 Å². The van der Waals surface area contributed by atoms with Crippen LogP contribution in [0.5, 0.6) is 0 Å². The Morgan fingerprint density at radius 2 is 1.88 bits per heavy atom. The molecule has 166 valence electrons. The van der Waals surface area contributed by atoms with Crippen LogP contribution in [0, 0.1) is 23.2 Å². The van der Waals surface area contributed by atoms with Crippen LogP contribution in [0.1, 0.15) is 31.2 Å². The second-order valence-electron chi connectivity index (χ2n) is 8.62. The fourth-order valence-electron chi connectivity index (χ4n) is 5.13. The average Bonchev–Trinajstić information content (AvgIpc) is 2.83. The number of rotatable bonds is 4. The summed E-state index contributed by atoms with van der Waals surface area (Å²) in [6, 6.07) is 17.4. The number of nitriles is 1. The number of ether oxygens (including phenoxy) is 1. The van der Waals surface area contributed by atoms with Crippen molar-refractivity contribution in [3.63, 3.8) is 0 Å². The number of aliphatic carboxylic acids is 1. The van der Waals surface area contributed by atoms with Crippen LogP contribution >= 0.6 is 0 Å². The summed E-state index contributed by atoms with van der Waals surface area (Å²) in [5, 5.41) is 22.8. The molecule has 1 aliphatic carbocycles. The smallest absolute Gasteiger partial charge is 0.410 e. The van der Waals surface area contributed by atoms with Gasteiger partial charge in [0.15, 0.2) is 0 Å². The highest BCUT2D eigenvalue weighted by atomic mass is 16.5. The number of carboxylic acids is 1. The van der Waals surface area contributed by atoms with E-state index < -0.39 is 18.1 Å². The highest BCUT2D eigenvalue weighted by Gasteiger charge is 2.44. The van der Waals surface area contributed by atoms with Crippen molar-refractivity contribution in [1.82, 2.24) is 4.90 Å². The van der Waals surface area contributed by atoms with E-state index in [0.29, 0.717) is 18.5 Å². The lowest BCUT2D eigenvalue weighted by Gasteiger charge is -2.46. The Balaban J connectivity index is 1.50. The second kappa shape index (κ2) is 9.31. The van der Waals surface area contributed by atoms with Crippen LogP contribution in [0.15, 0.2) is 48.5 Å². The molecule has 1 amide bonds. The molecular formula is C25H27N3O4. The lowest BCUT2D eigenvalue weighted by atomic mass is 9.71. The maximum Gasteiger partial charge on any atom is 0.410 e. The molecule has 32 heavy (non-hydrogen) atoms. The number of nitrogens with zero attached hydrogens (tertiary/aromatic N) is 2. The third-order valence-corrected chi connectivity index (χ3v) is 6.77. The Bertz CT molecular complexity index is 1030. The molecule has 2 aliphatic rings. The van der Waals surface area contributed by atoms with Gasteiger partial charge in [0.1, 0.15) is 12.1 Å². The van der Waals surface area contributed by atoms with Crippen molar-refractivity contribution in [3.8, 4) is 17.2 Å². The Morgan fingerprint density at radius 1 is 1.09 bits per heavy atom. The number of nitrogens with one attached hydrogen (secondary N) is 1. The van der Waals surface area contributed by atoms with Crippen molar-refractivity contribution in [2.45, 2.75) is 37.8 Å². The van der Waals surface area contributed by atoms with Crippen LogP contribution in [0.25, 0.3) is 11.1 Å². The van der Waals surface area contributed by atoms with Gasteiger partial charge in [-0.25, -0.2) is 9.59 Å². The van der Waals surface area contributed by atoms with Crippen molar-refractivity contribution in [2.75, 3.05) is 19.0 Å². The van der Waals surface area contributed by atoms with E-state index in [1.807, 2.05) is 48.5 Å². The lowest BCUT2D eigenvalue weighted by Crippen LogP contribution is -2.55. The van der Waals surface area contributed by atoms with E-state index >= 15 is 0 Å². The van der Waals surface area contributed by atoms with E-state index in [9.17, 15) is 20.0 Å². The topological polar surface area (TPSA) is 103 Å². The molecule has 4 rings (SSSR count). The summed E-state index contributed by atoms with van der Waals surface area (Å²) < 4.78 is 4.80. The second-order valence-corrected chi connectivity index (χ2v) is 8.62. The van der Waals surface area contributed by atoms with Crippen LogP contribution < -0.4 is 5.32 Å². The third kappa shape index (κ3) is 4.40. The predicted molar refractivity (Wildman–Crippen MR) is 120 cm³/mol. The summed E-state index contributed by atoms with van der Waals surface area (Å²) in [5.41, 5.74) is 3.52. The molecule has 2 fully saturated rings. The molecular weight excluding hydrogens is 406 g/mol. The maximum absolute atomic E-state index is 12.1. The monoisotopic (exact) mass is 433 g/mol. The fourth-order valence-corrected chi connectivity index (χ4v) is 5.13. The van der Waals surface area contributed by atoms with Gasteiger partial charge in [-0.2, -0.15) is 5.26 Å². The molecule has 2 N–H and O–H groups in total. The van der Waals surface area contributed by atoms with E-state index in [1.54, 1.807) is 0 Å². The van der Waals surface area contributed by atoms with Crippen LogP contribution in [-0.2, 0) is 9.53 Å². The Kier molecular flexibility index (Phi) is 6.31. The van der Waals surface area contributed by atoms with Gasteiger partial charge in [-0.15, -0.1) is 0 Å². The number of piperidine rings is 1. The maximum atomic E-state index is 12.1. The van der Waals surface area contributed by atoms with Gasteiger partial charge in [0.05, 0.1) is 18.4 Å². The highest BCUT2D eigenvalue weighted by Crippen LogP contribution is 2.40. The van der Waals surface area contributed by atoms with Gasteiger partial charge in [-0.05, 0) is 60.8 Å². The Morgan fingerprint density at radius 3 is 2.56 bits per heavy atom. The number of carboxylic acid groups (broad SMARTS) is 1. The first kappa shape index (κ1) is 21.7. The summed E-state index contributed by atoms with van der Waals surface area (Å²) in [6.07, 6.45) is 2.44.